The lowest BCUT2D eigenvalue weighted by Crippen LogP contribution is -2.30. The number of rotatable bonds is 5. The van der Waals surface area contributed by atoms with Gasteiger partial charge in [0.05, 0.1) is 0 Å². The van der Waals surface area contributed by atoms with Gasteiger partial charge >= 0.3 is 0 Å². The first kappa shape index (κ1) is 13.6. The minimum absolute atomic E-state index is 0.135. The van der Waals surface area contributed by atoms with Gasteiger partial charge in [-0.05, 0) is 18.7 Å². The van der Waals surface area contributed by atoms with Crippen molar-refractivity contribution in [1.29, 1.82) is 0 Å². The van der Waals surface area contributed by atoms with Crippen molar-refractivity contribution in [3.63, 3.8) is 0 Å². The zero-order valence-corrected chi connectivity index (χ0v) is 9.89. The first-order valence-corrected chi connectivity index (χ1v) is 5.50. The van der Waals surface area contributed by atoms with Crippen LogP contribution in [0.2, 0.25) is 0 Å². The standard InChI is InChI=1S/C12H16F2N2O/c1-3-15-7-8(2)12(17)16-11-5-9(13)4-10(14)6-11/h4-6,8,15H,3,7H2,1-2H3,(H,16,17). The summed E-state index contributed by atoms with van der Waals surface area (Å²) in [5.74, 6) is -1.95. The molecule has 0 aliphatic rings. The molecule has 1 rings (SSSR count). The van der Waals surface area contributed by atoms with Crippen molar-refractivity contribution in [2.45, 2.75) is 13.8 Å². The Balaban J connectivity index is 2.61. The molecular weight excluding hydrogens is 226 g/mol. The summed E-state index contributed by atoms with van der Waals surface area (Å²) in [6.07, 6.45) is 0. The lowest BCUT2D eigenvalue weighted by atomic mass is 10.1. The summed E-state index contributed by atoms with van der Waals surface area (Å²) in [5, 5.41) is 5.50. The number of carbonyl (C=O) groups excluding carboxylic acids is 1. The predicted octanol–water partition coefficient (Wildman–Crippen LogP) is 2.15. The zero-order chi connectivity index (χ0) is 12.8. The van der Waals surface area contributed by atoms with E-state index in [0.717, 1.165) is 24.7 Å². The average molecular weight is 242 g/mol. The highest BCUT2D eigenvalue weighted by molar-refractivity contribution is 5.92. The van der Waals surface area contributed by atoms with Crippen LogP contribution in [-0.2, 0) is 4.79 Å². The third-order valence-electron chi connectivity index (χ3n) is 2.28. The van der Waals surface area contributed by atoms with E-state index in [0.29, 0.717) is 6.54 Å². The number of hydrogen-bond acceptors (Lipinski definition) is 2. The van der Waals surface area contributed by atoms with Crippen LogP contribution in [0.4, 0.5) is 14.5 Å². The average Bonchev–Trinajstić information content (AvgIpc) is 2.24. The molecule has 0 spiro atoms. The van der Waals surface area contributed by atoms with Crippen LogP contribution in [0, 0.1) is 17.6 Å². The minimum atomic E-state index is -0.709. The maximum absolute atomic E-state index is 12.9. The van der Waals surface area contributed by atoms with Crippen LogP contribution in [0.15, 0.2) is 18.2 Å². The molecule has 3 nitrogen and oxygen atoms in total. The third kappa shape index (κ3) is 4.48. The van der Waals surface area contributed by atoms with Gasteiger partial charge in [0.1, 0.15) is 11.6 Å². The summed E-state index contributed by atoms with van der Waals surface area (Å²) in [4.78, 5) is 11.6. The molecule has 0 radical (unpaired) electrons. The Morgan fingerprint density at radius 3 is 2.41 bits per heavy atom. The molecule has 0 heterocycles. The maximum atomic E-state index is 12.9. The molecule has 0 aliphatic carbocycles. The van der Waals surface area contributed by atoms with Crippen molar-refractivity contribution in [1.82, 2.24) is 5.32 Å². The molecule has 0 aromatic heterocycles. The normalized spacial score (nSPS) is 12.2. The largest absolute Gasteiger partial charge is 0.326 e. The van der Waals surface area contributed by atoms with Gasteiger partial charge in [-0.2, -0.15) is 0 Å². The van der Waals surface area contributed by atoms with E-state index in [1.807, 2.05) is 6.92 Å². The summed E-state index contributed by atoms with van der Waals surface area (Å²) in [5.41, 5.74) is 0.135. The van der Waals surface area contributed by atoms with Crippen LogP contribution in [0.1, 0.15) is 13.8 Å². The van der Waals surface area contributed by atoms with Gasteiger partial charge in [0, 0.05) is 24.2 Å². The molecule has 0 bridgehead atoms. The summed E-state index contributed by atoms with van der Waals surface area (Å²) in [6, 6.07) is 2.93. The van der Waals surface area contributed by atoms with Crippen LogP contribution >= 0.6 is 0 Å². The van der Waals surface area contributed by atoms with E-state index in [1.54, 1.807) is 6.92 Å². The Morgan fingerprint density at radius 1 is 1.29 bits per heavy atom. The van der Waals surface area contributed by atoms with E-state index in [4.69, 9.17) is 0 Å². The topological polar surface area (TPSA) is 41.1 Å². The summed E-state index contributed by atoms with van der Waals surface area (Å²) in [6.45, 7) is 4.98. The fraction of sp³-hybridized carbons (Fsp3) is 0.417. The molecule has 0 aliphatic heterocycles. The monoisotopic (exact) mass is 242 g/mol. The molecule has 1 amide bonds. The molecule has 0 saturated carbocycles. The zero-order valence-electron chi connectivity index (χ0n) is 9.89. The molecule has 2 N–H and O–H groups in total. The van der Waals surface area contributed by atoms with Crippen molar-refractivity contribution in [3.8, 4) is 0 Å². The number of amides is 1. The summed E-state index contributed by atoms with van der Waals surface area (Å²) in [7, 11) is 0. The number of anilines is 1. The van der Waals surface area contributed by atoms with Crippen molar-refractivity contribution in [2.75, 3.05) is 18.4 Å². The lowest BCUT2D eigenvalue weighted by Gasteiger charge is -2.12. The van der Waals surface area contributed by atoms with E-state index in [2.05, 4.69) is 10.6 Å². The molecule has 0 saturated heterocycles. The Labute approximate surface area is 99.2 Å². The highest BCUT2D eigenvalue weighted by Gasteiger charge is 2.13. The highest BCUT2D eigenvalue weighted by atomic mass is 19.1. The van der Waals surface area contributed by atoms with Crippen LogP contribution in [0.25, 0.3) is 0 Å². The summed E-state index contributed by atoms with van der Waals surface area (Å²) >= 11 is 0. The van der Waals surface area contributed by atoms with E-state index in [1.165, 1.54) is 0 Å². The van der Waals surface area contributed by atoms with Crippen molar-refractivity contribution in [2.24, 2.45) is 5.92 Å². The van der Waals surface area contributed by atoms with Crippen molar-refractivity contribution < 1.29 is 13.6 Å². The van der Waals surface area contributed by atoms with Crippen LogP contribution in [0.5, 0.6) is 0 Å². The predicted molar refractivity (Wildman–Crippen MR) is 62.7 cm³/mol. The third-order valence-corrected chi connectivity index (χ3v) is 2.28. The van der Waals surface area contributed by atoms with Crippen LogP contribution in [0.3, 0.4) is 0 Å². The second-order valence-electron chi connectivity index (χ2n) is 3.86. The Hall–Kier alpha value is -1.49. The molecule has 5 heteroatoms. The molecule has 1 aromatic carbocycles. The second-order valence-corrected chi connectivity index (χ2v) is 3.86. The van der Waals surface area contributed by atoms with Gasteiger partial charge in [0.15, 0.2) is 0 Å². The number of benzene rings is 1. The Bertz CT molecular complexity index is 376. The highest BCUT2D eigenvalue weighted by Crippen LogP contribution is 2.13. The number of carbonyl (C=O) groups is 1. The van der Waals surface area contributed by atoms with Crippen molar-refractivity contribution >= 4 is 11.6 Å². The SMILES string of the molecule is CCNCC(C)C(=O)Nc1cc(F)cc(F)c1. The number of nitrogens with one attached hydrogen (secondary N) is 2. The number of halogens is 2. The smallest absolute Gasteiger partial charge is 0.228 e. The molecule has 94 valence electrons. The maximum Gasteiger partial charge on any atom is 0.228 e. The fourth-order valence-corrected chi connectivity index (χ4v) is 1.35. The lowest BCUT2D eigenvalue weighted by molar-refractivity contribution is -0.119. The van der Waals surface area contributed by atoms with Gasteiger partial charge in [-0.3, -0.25) is 4.79 Å². The molecule has 1 atom stereocenters. The molecule has 17 heavy (non-hydrogen) atoms. The molecule has 1 aromatic rings. The first-order chi connectivity index (χ1) is 8.02. The van der Waals surface area contributed by atoms with Gasteiger partial charge in [0.2, 0.25) is 5.91 Å². The first-order valence-electron chi connectivity index (χ1n) is 5.50. The van der Waals surface area contributed by atoms with Gasteiger partial charge < -0.3 is 10.6 Å². The van der Waals surface area contributed by atoms with E-state index in [9.17, 15) is 13.6 Å². The number of hydrogen-bond donors (Lipinski definition) is 2. The second kappa shape index (κ2) is 6.30. The van der Waals surface area contributed by atoms with Gasteiger partial charge in [-0.1, -0.05) is 13.8 Å². The molecule has 1 unspecified atom stereocenters. The van der Waals surface area contributed by atoms with E-state index < -0.39 is 11.6 Å². The van der Waals surface area contributed by atoms with Crippen LogP contribution in [-0.4, -0.2) is 19.0 Å². The minimum Gasteiger partial charge on any atom is -0.326 e. The molecule has 0 fully saturated rings. The Kier molecular flexibility index (Phi) is 5.03. The van der Waals surface area contributed by atoms with Gasteiger partial charge in [-0.15, -0.1) is 0 Å². The summed E-state index contributed by atoms with van der Waals surface area (Å²) < 4.78 is 25.8. The quantitative estimate of drug-likeness (QED) is 0.830. The van der Waals surface area contributed by atoms with Crippen LogP contribution < -0.4 is 10.6 Å². The Morgan fingerprint density at radius 2 is 1.88 bits per heavy atom. The molecular formula is C12H16F2N2O. The van der Waals surface area contributed by atoms with Crippen molar-refractivity contribution in [3.05, 3.63) is 29.8 Å². The fourth-order valence-electron chi connectivity index (χ4n) is 1.35. The van der Waals surface area contributed by atoms with E-state index >= 15 is 0 Å². The van der Waals surface area contributed by atoms with Gasteiger partial charge in [-0.25, -0.2) is 8.78 Å². The van der Waals surface area contributed by atoms with E-state index in [-0.39, 0.29) is 17.5 Å². The van der Waals surface area contributed by atoms with Gasteiger partial charge in [0.25, 0.3) is 0 Å².